The van der Waals surface area contributed by atoms with E-state index in [-0.39, 0.29) is 24.5 Å². The van der Waals surface area contributed by atoms with E-state index in [9.17, 15) is 9.59 Å². The minimum atomic E-state index is -0.668. The fraction of sp³-hybridized carbons (Fsp3) is 0.308. The number of nitrogens with zero attached hydrogens (tertiary/aromatic N) is 3. The van der Waals surface area contributed by atoms with Crippen LogP contribution in [0.5, 0.6) is 0 Å². The molecule has 2 amide bonds. The van der Waals surface area contributed by atoms with Crippen LogP contribution < -0.4 is 5.32 Å². The fourth-order valence-corrected chi connectivity index (χ4v) is 5.09. The molecule has 2 aromatic carbocycles. The summed E-state index contributed by atoms with van der Waals surface area (Å²) < 4.78 is 6.34. The van der Waals surface area contributed by atoms with Crippen LogP contribution >= 0.6 is 27.5 Å². The first-order valence-electron chi connectivity index (χ1n) is 11.6. The highest BCUT2D eigenvalue weighted by atomic mass is 79.9. The summed E-state index contributed by atoms with van der Waals surface area (Å²) in [6.07, 6.45) is 1.98. The van der Waals surface area contributed by atoms with Crippen molar-refractivity contribution in [3.8, 4) is 0 Å². The van der Waals surface area contributed by atoms with Gasteiger partial charge in [-0.15, -0.1) is 0 Å². The van der Waals surface area contributed by atoms with E-state index in [1.165, 1.54) is 4.90 Å². The molecule has 1 N–H and O–H groups in total. The molecule has 0 bridgehead atoms. The molecule has 1 aromatic heterocycles. The summed E-state index contributed by atoms with van der Waals surface area (Å²) in [6, 6.07) is 16.5. The van der Waals surface area contributed by atoms with Gasteiger partial charge >= 0.3 is 6.09 Å². The molecule has 3 atom stereocenters. The lowest BCUT2D eigenvalue weighted by Crippen LogP contribution is -2.47. The monoisotopic (exact) mass is 570 g/mol. The number of oxime groups is 1. The molecular weight excluding hydrogens is 548 g/mol. The number of hydrogen-bond donors (Lipinski definition) is 1. The van der Waals surface area contributed by atoms with Crippen LogP contribution in [0.3, 0.4) is 0 Å². The first kappa shape index (κ1) is 24.5. The average Bonchev–Trinajstić information content (AvgIpc) is 3.53. The number of halogens is 2. The van der Waals surface area contributed by atoms with Crippen molar-refractivity contribution >= 4 is 55.1 Å². The van der Waals surface area contributed by atoms with E-state index in [0.717, 1.165) is 22.0 Å². The molecule has 3 heterocycles. The van der Waals surface area contributed by atoms with Crippen molar-refractivity contribution in [2.24, 2.45) is 5.16 Å². The smallest absolute Gasteiger partial charge is 0.410 e. The minimum absolute atomic E-state index is 0.0203. The van der Waals surface area contributed by atoms with Crippen LogP contribution in [0.2, 0.25) is 5.02 Å². The highest BCUT2D eigenvalue weighted by Gasteiger charge is 2.41. The maximum Gasteiger partial charge on any atom is 0.410 e. The molecule has 3 aromatic rings. The predicted molar refractivity (Wildman–Crippen MR) is 140 cm³/mol. The highest BCUT2D eigenvalue weighted by Crippen LogP contribution is 2.33. The molecule has 2 aliphatic heterocycles. The Morgan fingerprint density at radius 2 is 2.00 bits per heavy atom. The van der Waals surface area contributed by atoms with Crippen LogP contribution in [-0.2, 0) is 21.0 Å². The lowest BCUT2D eigenvalue weighted by molar-refractivity contribution is -0.125. The summed E-state index contributed by atoms with van der Waals surface area (Å²) in [5.41, 5.74) is 2.67. The molecule has 0 radical (unpaired) electrons. The highest BCUT2D eigenvalue weighted by molar-refractivity contribution is 9.18. The second kappa shape index (κ2) is 10.8. The Morgan fingerprint density at radius 1 is 1.19 bits per heavy atom. The average molecular weight is 572 g/mol. The largest absolute Gasteiger partial charge is 0.444 e. The predicted octanol–water partition coefficient (Wildman–Crippen LogP) is 5.00. The summed E-state index contributed by atoms with van der Waals surface area (Å²) in [6.45, 7) is 0.725. The van der Waals surface area contributed by atoms with Crippen LogP contribution in [0.1, 0.15) is 29.9 Å². The minimum Gasteiger partial charge on any atom is -0.444 e. The van der Waals surface area contributed by atoms with E-state index >= 15 is 0 Å². The molecule has 186 valence electrons. The zero-order valence-corrected chi connectivity index (χ0v) is 21.6. The van der Waals surface area contributed by atoms with E-state index in [1.807, 2.05) is 54.6 Å². The fourth-order valence-electron chi connectivity index (χ4n) is 4.52. The zero-order valence-electron chi connectivity index (χ0n) is 19.3. The van der Waals surface area contributed by atoms with E-state index in [1.54, 1.807) is 6.20 Å². The molecule has 2 aliphatic rings. The third-order valence-corrected chi connectivity index (χ3v) is 7.11. The van der Waals surface area contributed by atoms with Crippen LogP contribution in [0.4, 0.5) is 4.79 Å². The van der Waals surface area contributed by atoms with Gasteiger partial charge in [0, 0.05) is 41.1 Å². The van der Waals surface area contributed by atoms with E-state index in [0.29, 0.717) is 35.6 Å². The van der Waals surface area contributed by atoms with E-state index in [2.05, 4.69) is 31.4 Å². The number of likely N-dealkylation sites (tertiary alicyclic amines) is 1. The molecule has 1 fully saturated rings. The second-order valence-electron chi connectivity index (χ2n) is 8.89. The Morgan fingerprint density at radius 3 is 2.78 bits per heavy atom. The number of para-hydroxylation sites is 1. The first-order valence-corrected chi connectivity index (χ1v) is 12.8. The number of benzene rings is 2. The summed E-state index contributed by atoms with van der Waals surface area (Å²) >= 11 is 9.35. The molecule has 0 saturated carbocycles. The summed E-state index contributed by atoms with van der Waals surface area (Å²) in [5, 5.41) is 8.36. The van der Waals surface area contributed by atoms with Crippen molar-refractivity contribution in [1.82, 2.24) is 15.2 Å². The van der Waals surface area contributed by atoms with Gasteiger partial charge in [-0.2, -0.15) is 0 Å². The first-order chi connectivity index (χ1) is 17.5. The molecule has 1 saturated heterocycles. The number of fused-ring (bicyclic) bond motifs is 1. The maximum atomic E-state index is 13.2. The Labute approximate surface area is 221 Å². The Kier molecular flexibility index (Phi) is 7.38. The Balaban J connectivity index is 1.27. The van der Waals surface area contributed by atoms with Gasteiger partial charge in [-0.3, -0.25) is 14.7 Å². The topological polar surface area (TPSA) is 93.1 Å². The van der Waals surface area contributed by atoms with Crippen LogP contribution in [0, 0.1) is 0 Å². The number of amides is 2. The number of carbonyl (C=O) groups excluding carboxylic acids is 2. The SMILES string of the molecule is O=C(NC[C@@H]1CC(Br)=NO1)C1CC(c2ccc(Cl)cc2)CN1C(=O)OCc1cnc2ccccc2c1. The Bertz CT molecular complexity index is 1300. The molecular formula is C26H24BrClN4O4. The summed E-state index contributed by atoms with van der Waals surface area (Å²) in [5.74, 6) is -0.268. The maximum absolute atomic E-state index is 13.2. The van der Waals surface area contributed by atoms with Crippen molar-refractivity contribution in [1.29, 1.82) is 0 Å². The summed E-state index contributed by atoms with van der Waals surface area (Å²) in [7, 11) is 0. The number of nitrogens with one attached hydrogen (secondary N) is 1. The third kappa shape index (κ3) is 5.63. The third-order valence-electron chi connectivity index (χ3n) is 6.39. The lowest BCUT2D eigenvalue weighted by Gasteiger charge is -2.23. The van der Waals surface area contributed by atoms with Gasteiger partial charge in [0.1, 0.15) is 17.3 Å². The van der Waals surface area contributed by atoms with Gasteiger partial charge in [0.15, 0.2) is 6.10 Å². The number of pyridine rings is 1. The van der Waals surface area contributed by atoms with Gasteiger partial charge in [-0.05, 0) is 52.2 Å². The van der Waals surface area contributed by atoms with Crippen LogP contribution in [0.25, 0.3) is 10.9 Å². The van der Waals surface area contributed by atoms with Crippen LogP contribution in [0.15, 0.2) is 65.9 Å². The normalized spacial score (nSPS) is 21.2. The number of hydrogen-bond acceptors (Lipinski definition) is 6. The molecule has 0 spiro atoms. The van der Waals surface area contributed by atoms with Crippen molar-refractivity contribution in [2.45, 2.75) is 37.5 Å². The Hall–Kier alpha value is -3.17. The van der Waals surface area contributed by atoms with Gasteiger partial charge in [0.05, 0.1) is 12.1 Å². The van der Waals surface area contributed by atoms with Crippen molar-refractivity contribution in [2.75, 3.05) is 13.1 Å². The number of aromatic nitrogens is 1. The number of ether oxygens (including phenoxy) is 1. The zero-order chi connectivity index (χ0) is 25.1. The van der Waals surface area contributed by atoms with Crippen molar-refractivity contribution < 1.29 is 19.2 Å². The molecule has 5 rings (SSSR count). The molecule has 0 aliphatic carbocycles. The summed E-state index contributed by atoms with van der Waals surface area (Å²) in [4.78, 5) is 37.5. The molecule has 8 nitrogen and oxygen atoms in total. The van der Waals surface area contributed by atoms with E-state index in [4.69, 9.17) is 21.2 Å². The van der Waals surface area contributed by atoms with Crippen molar-refractivity contribution in [3.05, 3.63) is 76.9 Å². The number of carbonyl (C=O) groups is 2. The number of rotatable bonds is 6. The molecule has 2 unspecified atom stereocenters. The van der Waals surface area contributed by atoms with Crippen molar-refractivity contribution in [3.63, 3.8) is 0 Å². The standard InChI is InChI=1S/C26H24BrClN4O4/c27-24-11-21(36-31-24)13-30-25(33)23-10-19(17-5-7-20(28)8-6-17)14-32(23)26(34)35-15-16-9-18-3-1-2-4-22(18)29-12-16/h1-9,12,19,21,23H,10-11,13-15H2,(H,30,33)/t19?,21-,23?/m0/s1. The van der Waals surface area contributed by atoms with Gasteiger partial charge < -0.3 is 14.9 Å². The second-order valence-corrected chi connectivity index (χ2v) is 10.2. The quantitative estimate of drug-likeness (QED) is 0.450. The van der Waals surface area contributed by atoms with Crippen LogP contribution in [-0.4, -0.2) is 51.7 Å². The molecule has 10 heteroatoms. The van der Waals surface area contributed by atoms with Gasteiger partial charge in [-0.1, -0.05) is 47.1 Å². The van der Waals surface area contributed by atoms with Gasteiger partial charge in [0.25, 0.3) is 0 Å². The lowest BCUT2D eigenvalue weighted by atomic mass is 9.96. The van der Waals surface area contributed by atoms with E-state index < -0.39 is 12.1 Å². The van der Waals surface area contributed by atoms with Gasteiger partial charge in [0.2, 0.25) is 5.91 Å². The van der Waals surface area contributed by atoms with Gasteiger partial charge in [-0.25, -0.2) is 4.79 Å². The molecule has 36 heavy (non-hydrogen) atoms.